The number of nitrogens with one attached hydrogen (secondary N) is 1. The van der Waals surface area contributed by atoms with Crippen LogP contribution in [0.2, 0.25) is 0 Å². The third-order valence-electron chi connectivity index (χ3n) is 2.64. The van der Waals surface area contributed by atoms with E-state index in [4.69, 9.17) is 5.73 Å². The maximum atomic E-state index is 12.5. The SMILES string of the molecule is CC(C)(CC(N)=O)NCc1cccc(C(F)(F)F)c1. The van der Waals surface area contributed by atoms with E-state index < -0.39 is 23.2 Å². The van der Waals surface area contributed by atoms with Crippen LogP contribution in [0.25, 0.3) is 0 Å². The molecule has 3 nitrogen and oxygen atoms in total. The summed E-state index contributed by atoms with van der Waals surface area (Å²) in [5, 5.41) is 3.02. The van der Waals surface area contributed by atoms with E-state index in [-0.39, 0.29) is 13.0 Å². The molecule has 6 heteroatoms. The zero-order valence-electron chi connectivity index (χ0n) is 10.8. The molecule has 0 aliphatic carbocycles. The number of amides is 1. The molecular weight excluding hydrogens is 257 g/mol. The molecule has 1 aromatic rings. The first kappa shape index (κ1) is 15.5. The molecule has 0 heterocycles. The molecule has 0 atom stereocenters. The van der Waals surface area contributed by atoms with Gasteiger partial charge in [-0.1, -0.05) is 18.2 Å². The highest BCUT2D eigenvalue weighted by Crippen LogP contribution is 2.29. The van der Waals surface area contributed by atoms with Crippen molar-refractivity contribution in [2.24, 2.45) is 5.73 Å². The van der Waals surface area contributed by atoms with Crippen LogP contribution in [0.5, 0.6) is 0 Å². The number of primary amides is 1. The van der Waals surface area contributed by atoms with Gasteiger partial charge in [-0.25, -0.2) is 0 Å². The van der Waals surface area contributed by atoms with Crippen molar-refractivity contribution in [3.8, 4) is 0 Å². The molecule has 19 heavy (non-hydrogen) atoms. The van der Waals surface area contributed by atoms with Crippen molar-refractivity contribution in [2.45, 2.75) is 38.5 Å². The van der Waals surface area contributed by atoms with E-state index in [2.05, 4.69) is 5.32 Å². The van der Waals surface area contributed by atoms with E-state index in [1.165, 1.54) is 6.07 Å². The van der Waals surface area contributed by atoms with Crippen molar-refractivity contribution in [2.75, 3.05) is 0 Å². The summed E-state index contributed by atoms with van der Waals surface area (Å²) in [6.07, 6.45) is -4.23. The lowest BCUT2D eigenvalue weighted by molar-refractivity contribution is -0.137. The van der Waals surface area contributed by atoms with Crippen molar-refractivity contribution in [1.29, 1.82) is 0 Å². The number of alkyl halides is 3. The Morgan fingerprint density at radius 2 is 1.95 bits per heavy atom. The van der Waals surface area contributed by atoms with Gasteiger partial charge in [-0.05, 0) is 25.5 Å². The Bertz CT molecular complexity index is 455. The molecule has 0 aliphatic rings. The molecule has 1 amide bonds. The minimum atomic E-state index is -4.35. The Hall–Kier alpha value is -1.56. The first-order valence-corrected chi connectivity index (χ1v) is 5.80. The molecule has 0 aromatic heterocycles. The number of carbonyl (C=O) groups excluding carboxylic acids is 1. The summed E-state index contributed by atoms with van der Waals surface area (Å²) in [6.45, 7) is 3.78. The van der Waals surface area contributed by atoms with Crippen LogP contribution in [0.3, 0.4) is 0 Å². The summed E-state index contributed by atoms with van der Waals surface area (Å²) in [5.41, 5.74) is 4.37. The van der Waals surface area contributed by atoms with Gasteiger partial charge in [0.05, 0.1) is 5.56 Å². The number of hydrogen-bond acceptors (Lipinski definition) is 2. The lowest BCUT2D eigenvalue weighted by Gasteiger charge is -2.25. The van der Waals surface area contributed by atoms with Gasteiger partial charge in [0.1, 0.15) is 0 Å². The minimum absolute atomic E-state index is 0.117. The molecule has 0 unspecified atom stereocenters. The first-order chi connectivity index (χ1) is 8.60. The number of nitrogens with two attached hydrogens (primary N) is 1. The monoisotopic (exact) mass is 274 g/mol. The Kier molecular flexibility index (Phi) is 4.57. The number of rotatable bonds is 5. The normalized spacial score (nSPS) is 12.5. The second-order valence-corrected chi connectivity index (χ2v) is 5.08. The molecule has 0 aliphatic heterocycles. The minimum Gasteiger partial charge on any atom is -0.370 e. The Labute approximate surface area is 110 Å². The Morgan fingerprint density at radius 1 is 1.32 bits per heavy atom. The fraction of sp³-hybridized carbons (Fsp3) is 0.462. The lowest BCUT2D eigenvalue weighted by Crippen LogP contribution is -2.42. The van der Waals surface area contributed by atoms with Crippen LogP contribution in [-0.4, -0.2) is 11.4 Å². The average Bonchev–Trinajstić information content (AvgIpc) is 2.24. The number of benzene rings is 1. The van der Waals surface area contributed by atoms with Gasteiger partial charge in [0.25, 0.3) is 0 Å². The first-order valence-electron chi connectivity index (χ1n) is 5.80. The van der Waals surface area contributed by atoms with Crippen molar-refractivity contribution < 1.29 is 18.0 Å². The molecule has 0 fully saturated rings. The molecule has 106 valence electrons. The lowest BCUT2D eigenvalue weighted by atomic mass is 9.99. The summed E-state index contributed by atoms with van der Waals surface area (Å²) in [7, 11) is 0. The number of carbonyl (C=O) groups is 1. The van der Waals surface area contributed by atoms with Gasteiger partial charge < -0.3 is 11.1 Å². The molecule has 0 radical (unpaired) electrons. The smallest absolute Gasteiger partial charge is 0.370 e. The van der Waals surface area contributed by atoms with Crippen LogP contribution in [-0.2, 0) is 17.5 Å². The molecule has 0 saturated carbocycles. The quantitative estimate of drug-likeness (QED) is 0.866. The summed E-state index contributed by atoms with van der Waals surface area (Å²) in [5.74, 6) is -0.457. The Balaban J connectivity index is 2.71. The van der Waals surface area contributed by atoms with Gasteiger partial charge in [-0.3, -0.25) is 4.79 Å². The average molecular weight is 274 g/mol. The highest BCUT2D eigenvalue weighted by Gasteiger charge is 2.30. The molecule has 1 aromatic carbocycles. The molecule has 1 rings (SSSR count). The molecule has 0 saturated heterocycles. The second kappa shape index (κ2) is 5.61. The van der Waals surface area contributed by atoms with Gasteiger partial charge in [0, 0.05) is 18.5 Å². The summed E-state index contributed by atoms with van der Waals surface area (Å²) in [4.78, 5) is 10.8. The van der Waals surface area contributed by atoms with Gasteiger partial charge in [-0.15, -0.1) is 0 Å². The van der Waals surface area contributed by atoms with Crippen LogP contribution in [0.1, 0.15) is 31.4 Å². The van der Waals surface area contributed by atoms with E-state index in [0.717, 1.165) is 12.1 Å². The van der Waals surface area contributed by atoms with Gasteiger partial charge in [-0.2, -0.15) is 13.2 Å². The zero-order valence-corrected chi connectivity index (χ0v) is 10.8. The molecule has 0 bridgehead atoms. The molecule has 3 N–H and O–H groups in total. The van der Waals surface area contributed by atoms with Gasteiger partial charge in [0.15, 0.2) is 0 Å². The predicted molar refractivity (Wildman–Crippen MR) is 66.2 cm³/mol. The third-order valence-corrected chi connectivity index (χ3v) is 2.64. The zero-order chi connectivity index (χ0) is 14.7. The van der Waals surface area contributed by atoms with E-state index in [1.807, 2.05) is 0 Å². The number of halogens is 3. The maximum Gasteiger partial charge on any atom is 0.416 e. The van der Waals surface area contributed by atoms with Crippen LogP contribution in [0, 0.1) is 0 Å². The topological polar surface area (TPSA) is 55.1 Å². The number of hydrogen-bond donors (Lipinski definition) is 2. The van der Waals surface area contributed by atoms with E-state index in [1.54, 1.807) is 19.9 Å². The second-order valence-electron chi connectivity index (χ2n) is 5.08. The van der Waals surface area contributed by atoms with Crippen molar-refractivity contribution in [1.82, 2.24) is 5.32 Å². The summed E-state index contributed by atoms with van der Waals surface area (Å²) >= 11 is 0. The van der Waals surface area contributed by atoms with Crippen LogP contribution in [0.4, 0.5) is 13.2 Å². The fourth-order valence-corrected chi connectivity index (χ4v) is 1.70. The fourth-order valence-electron chi connectivity index (χ4n) is 1.70. The van der Waals surface area contributed by atoms with Crippen LogP contribution in [0.15, 0.2) is 24.3 Å². The van der Waals surface area contributed by atoms with Crippen molar-refractivity contribution in [3.63, 3.8) is 0 Å². The summed E-state index contributed by atoms with van der Waals surface area (Å²) < 4.78 is 37.6. The van der Waals surface area contributed by atoms with Crippen molar-refractivity contribution >= 4 is 5.91 Å². The highest BCUT2D eigenvalue weighted by atomic mass is 19.4. The van der Waals surface area contributed by atoms with Crippen LogP contribution < -0.4 is 11.1 Å². The van der Waals surface area contributed by atoms with E-state index >= 15 is 0 Å². The Morgan fingerprint density at radius 3 is 2.47 bits per heavy atom. The summed E-state index contributed by atoms with van der Waals surface area (Å²) in [6, 6.07) is 5.08. The van der Waals surface area contributed by atoms with Crippen LogP contribution >= 0.6 is 0 Å². The van der Waals surface area contributed by atoms with Crippen molar-refractivity contribution in [3.05, 3.63) is 35.4 Å². The van der Waals surface area contributed by atoms with Gasteiger partial charge >= 0.3 is 6.18 Å². The van der Waals surface area contributed by atoms with E-state index in [0.29, 0.717) is 5.56 Å². The van der Waals surface area contributed by atoms with Gasteiger partial charge in [0.2, 0.25) is 5.91 Å². The third kappa shape index (κ3) is 5.30. The largest absolute Gasteiger partial charge is 0.416 e. The predicted octanol–water partition coefficient (Wildman–Crippen LogP) is 2.45. The highest BCUT2D eigenvalue weighted by molar-refractivity contribution is 5.74. The molecular formula is C13H17F3N2O. The van der Waals surface area contributed by atoms with E-state index in [9.17, 15) is 18.0 Å². The maximum absolute atomic E-state index is 12.5. The standard InChI is InChI=1S/C13H17F3N2O/c1-12(2,7-11(17)19)18-8-9-4-3-5-10(6-9)13(14,15)16/h3-6,18H,7-8H2,1-2H3,(H2,17,19). The molecule has 0 spiro atoms.